The molecule has 0 unspecified atom stereocenters. The smallest absolute Gasteiger partial charge is 0.248 e. The van der Waals surface area contributed by atoms with E-state index in [4.69, 9.17) is 34.8 Å². The molecule has 0 radical (unpaired) electrons. The average Bonchev–Trinajstić information content (AvgIpc) is 2.42. The molecular formula is C15H10Cl3NO. The quantitative estimate of drug-likeness (QED) is 0.762. The maximum atomic E-state index is 11.8. The largest absolute Gasteiger partial charge is 0.320 e. The number of hydrogen-bond donors (Lipinski definition) is 1. The Hall–Kier alpha value is -1.48. The highest BCUT2D eigenvalue weighted by Gasteiger charge is 2.07. The Morgan fingerprint density at radius 1 is 0.950 bits per heavy atom. The van der Waals surface area contributed by atoms with Gasteiger partial charge in [-0.1, -0.05) is 53.0 Å². The molecule has 0 saturated carbocycles. The first-order chi connectivity index (χ1) is 9.56. The van der Waals surface area contributed by atoms with E-state index < -0.39 is 0 Å². The maximum Gasteiger partial charge on any atom is 0.248 e. The van der Waals surface area contributed by atoms with Crippen LogP contribution in [0.5, 0.6) is 0 Å². The van der Waals surface area contributed by atoms with E-state index in [0.717, 1.165) is 5.56 Å². The van der Waals surface area contributed by atoms with Crippen LogP contribution in [-0.2, 0) is 4.79 Å². The van der Waals surface area contributed by atoms with E-state index in [1.54, 1.807) is 36.4 Å². The number of nitrogens with one attached hydrogen (secondary N) is 1. The van der Waals surface area contributed by atoms with E-state index in [1.165, 1.54) is 6.08 Å². The molecule has 20 heavy (non-hydrogen) atoms. The molecule has 0 aliphatic heterocycles. The van der Waals surface area contributed by atoms with Crippen molar-refractivity contribution in [2.75, 3.05) is 5.32 Å². The minimum atomic E-state index is -0.310. The predicted molar refractivity (Wildman–Crippen MR) is 85.6 cm³/mol. The van der Waals surface area contributed by atoms with Gasteiger partial charge in [0.15, 0.2) is 0 Å². The van der Waals surface area contributed by atoms with Gasteiger partial charge in [0.25, 0.3) is 0 Å². The zero-order valence-electron chi connectivity index (χ0n) is 10.2. The third kappa shape index (κ3) is 4.01. The van der Waals surface area contributed by atoms with Gasteiger partial charge < -0.3 is 5.32 Å². The average molecular weight is 327 g/mol. The summed E-state index contributed by atoms with van der Waals surface area (Å²) in [7, 11) is 0. The standard InChI is InChI=1S/C15H10Cl3NO/c16-11-7-4-10(5-8-11)6-9-14(20)19-15-12(17)2-1-3-13(15)18/h1-9H,(H,19,20). The molecule has 1 amide bonds. The van der Waals surface area contributed by atoms with Crippen molar-refractivity contribution in [3.8, 4) is 0 Å². The number of carbonyl (C=O) groups is 1. The molecule has 0 spiro atoms. The number of hydrogen-bond acceptors (Lipinski definition) is 1. The molecule has 2 rings (SSSR count). The monoisotopic (exact) mass is 325 g/mol. The first-order valence-corrected chi connectivity index (χ1v) is 6.88. The second kappa shape index (κ2) is 6.80. The van der Waals surface area contributed by atoms with Crippen LogP contribution < -0.4 is 5.32 Å². The van der Waals surface area contributed by atoms with Crippen LogP contribution in [-0.4, -0.2) is 5.91 Å². The van der Waals surface area contributed by atoms with E-state index in [2.05, 4.69) is 5.32 Å². The lowest BCUT2D eigenvalue weighted by atomic mass is 10.2. The van der Waals surface area contributed by atoms with Gasteiger partial charge in [-0.15, -0.1) is 0 Å². The van der Waals surface area contributed by atoms with E-state index in [1.807, 2.05) is 12.1 Å². The second-order valence-corrected chi connectivity index (χ2v) is 5.22. The van der Waals surface area contributed by atoms with Crippen molar-refractivity contribution in [3.63, 3.8) is 0 Å². The summed E-state index contributed by atoms with van der Waals surface area (Å²) in [5.41, 5.74) is 1.27. The third-order valence-electron chi connectivity index (χ3n) is 2.51. The van der Waals surface area contributed by atoms with Gasteiger partial charge in [0, 0.05) is 11.1 Å². The van der Waals surface area contributed by atoms with Crippen molar-refractivity contribution < 1.29 is 4.79 Å². The Bertz CT molecular complexity index is 630. The number of amides is 1. The van der Waals surface area contributed by atoms with Gasteiger partial charge in [0.05, 0.1) is 15.7 Å². The molecule has 0 fully saturated rings. The SMILES string of the molecule is O=C(C=Cc1ccc(Cl)cc1)Nc1c(Cl)cccc1Cl. The summed E-state index contributed by atoms with van der Waals surface area (Å²) in [6.07, 6.45) is 3.08. The summed E-state index contributed by atoms with van der Waals surface area (Å²) in [6.45, 7) is 0. The summed E-state index contributed by atoms with van der Waals surface area (Å²) in [6, 6.07) is 12.2. The van der Waals surface area contributed by atoms with Crippen LogP contribution in [0.4, 0.5) is 5.69 Å². The van der Waals surface area contributed by atoms with Crippen molar-refractivity contribution in [2.24, 2.45) is 0 Å². The summed E-state index contributed by atoms with van der Waals surface area (Å²) in [5, 5.41) is 4.08. The molecule has 2 aromatic carbocycles. The lowest BCUT2D eigenvalue weighted by molar-refractivity contribution is -0.111. The van der Waals surface area contributed by atoms with Gasteiger partial charge in [-0.05, 0) is 35.9 Å². The maximum absolute atomic E-state index is 11.8. The highest BCUT2D eigenvalue weighted by Crippen LogP contribution is 2.29. The van der Waals surface area contributed by atoms with Crippen LogP contribution in [0.1, 0.15) is 5.56 Å². The first-order valence-electron chi connectivity index (χ1n) is 5.75. The first kappa shape index (κ1) is 14.9. The minimum absolute atomic E-state index is 0.310. The van der Waals surface area contributed by atoms with Crippen molar-refractivity contribution in [2.45, 2.75) is 0 Å². The third-order valence-corrected chi connectivity index (χ3v) is 3.39. The number of benzene rings is 2. The van der Waals surface area contributed by atoms with Gasteiger partial charge in [0.1, 0.15) is 0 Å². The molecule has 2 aromatic rings. The molecule has 0 saturated heterocycles. The summed E-state index contributed by atoms with van der Waals surface area (Å²) in [5.74, 6) is -0.310. The fourth-order valence-corrected chi connectivity index (χ4v) is 2.15. The molecule has 0 aliphatic carbocycles. The molecule has 0 bridgehead atoms. The van der Waals surface area contributed by atoms with Crippen LogP contribution >= 0.6 is 34.8 Å². The van der Waals surface area contributed by atoms with Gasteiger partial charge in [-0.2, -0.15) is 0 Å². The predicted octanol–water partition coefficient (Wildman–Crippen LogP) is 5.30. The van der Waals surface area contributed by atoms with Crippen molar-refractivity contribution in [1.82, 2.24) is 0 Å². The summed E-state index contributed by atoms with van der Waals surface area (Å²) in [4.78, 5) is 11.8. The molecule has 1 N–H and O–H groups in total. The molecule has 0 aliphatic rings. The van der Waals surface area contributed by atoms with Crippen molar-refractivity contribution in [1.29, 1.82) is 0 Å². The Morgan fingerprint density at radius 2 is 1.55 bits per heavy atom. The van der Waals surface area contributed by atoms with Gasteiger partial charge in [-0.25, -0.2) is 0 Å². The van der Waals surface area contributed by atoms with Crippen LogP contribution in [0.2, 0.25) is 15.1 Å². The van der Waals surface area contributed by atoms with Gasteiger partial charge >= 0.3 is 0 Å². The fraction of sp³-hybridized carbons (Fsp3) is 0. The molecule has 0 heterocycles. The Morgan fingerprint density at radius 3 is 2.15 bits per heavy atom. The van der Waals surface area contributed by atoms with Gasteiger partial charge in [0.2, 0.25) is 5.91 Å². The normalized spacial score (nSPS) is 10.8. The van der Waals surface area contributed by atoms with E-state index in [0.29, 0.717) is 20.8 Å². The van der Waals surface area contributed by atoms with E-state index in [9.17, 15) is 4.79 Å². The minimum Gasteiger partial charge on any atom is -0.320 e. The number of carbonyl (C=O) groups excluding carboxylic acids is 1. The van der Waals surface area contributed by atoms with E-state index in [-0.39, 0.29) is 5.91 Å². The van der Waals surface area contributed by atoms with Crippen molar-refractivity contribution >= 4 is 52.5 Å². The highest BCUT2D eigenvalue weighted by molar-refractivity contribution is 6.39. The Balaban J connectivity index is 2.07. The molecule has 102 valence electrons. The summed E-state index contributed by atoms with van der Waals surface area (Å²) >= 11 is 17.7. The van der Waals surface area contributed by atoms with Crippen LogP contribution in [0.25, 0.3) is 6.08 Å². The molecule has 0 atom stereocenters. The zero-order chi connectivity index (χ0) is 14.5. The Labute approximate surface area is 132 Å². The van der Waals surface area contributed by atoms with Crippen LogP contribution in [0, 0.1) is 0 Å². The number of para-hydroxylation sites is 1. The van der Waals surface area contributed by atoms with E-state index >= 15 is 0 Å². The lowest BCUT2D eigenvalue weighted by Crippen LogP contribution is -2.08. The zero-order valence-corrected chi connectivity index (χ0v) is 12.5. The topological polar surface area (TPSA) is 29.1 Å². The lowest BCUT2D eigenvalue weighted by Gasteiger charge is -2.06. The highest BCUT2D eigenvalue weighted by atomic mass is 35.5. The van der Waals surface area contributed by atoms with Gasteiger partial charge in [-0.3, -0.25) is 4.79 Å². The molecule has 5 heteroatoms. The second-order valence-electron chi connectivity index (χ2n) is 3.97. The number of anilines is 1. The number of rotatable bonds is 3. The van der Waals surface area contributed by atoms with Crippen LogP contribution in [0.15, 0.2) is 48.5 Å². The molecular weight excluding hydrogens is 317 g/mol. The number of halogens is 3. The Kier molecular flexibility index (Phi) is 5.07. The summed E-state index contributed by atoms with van der Waals surface area (Å²) < 4.78 is 0. The molecule has 2 nitrogen and oxygen atoms in total. The van der Waals surface area contributed by atoms with Crippen molar-refractivity contribution in [3.05, 3.63) is 69.2 Å². The molecule has 0 aromatic heterocycles. The fourth-order valence-electron chi connectivity index (χ4n) is 1.53. The van der Waals surface area contributed by atoms with Crippen LogP contribution in [0.3, 0.4) is 0 Å².